The topological polar surface area (TPSA) is 161 Å². The van der Waals surface area contributed by atoms with Crippen molar-refractivity contribution in [1.82, 2.24) is 0 Å². The summed E-state index contributed by atoms with van der Waals surface area (Å²) in [5.41, 5.74) is 1.31. The third-order valence-corrected chi connectivity index (χ3v) is 6.41. The van der Waals surface area contributed by atoms with Crippen LogP contribution in [0, 0.1) is 0 Å². The molecule has 0 atom stereocenters. The Morgan fingerprint density at radius 1 is 0.312 bits per heavy atom. The summed E-state index contributed by atoms with van der Waals surface area (Å²) in [7, 11) is 0. The van der Waals surface area contributed by atoms with E-state index in [0.29, 0.717) is 22.3 Å². The van der Waals surface area contributed by atoms with E-state index >= 15 is 0 Å². The van der Waals surface area contributed by atoms with Gasteiger partial charge in [-0.15, -0.1) is 23.0 Å². The summed E-state index contributed by atoms with van der Waals surface area (Å²) >= 11 is 57.7. The van der Waals surface area contributed by atoms with E-state index in [1.165, 1.54) is 55.4 Å². The number of alkyl halides is 12. The van der Waals surface area contributed by atoms with Gasteiger partial charge in [-0.25, -0.2) is 0 Å². The number of halogens is 12. The summed E-state index contributed by atoms with van der Waals surface area (Å²) in [6.07, 6.45) is 0. The Morgan fingerprint density at radius 2 is 0.422 bits per heavy atom. The molecule has 0 saturated heterocycles. The van der Waals surface area contributed by atoms with Gasteiger partial charge in [0.1, 0.15) is 0 Å². The fourth-order valence-electron chi connectivity index (χ4n) is 4.73. The molecule has 0 fully saturated rings. The summed E-state index contributed by atoms with van der Waals surface area (Å²) in [5, 5.41) is 46.7. The van der Waals surface area contributed by atoms with Gasteiger partial charge in [-0.3, -0.25) is 19.2 Å². The van der Waals surface area contributed by atoms with Crippen molar-refractivity contribution in [2.45, 2.75) is 72.6 Å². The molecule has 364 valence electrons. The summed E-state index contributed by atoms with van der Waals surface area (Å²) in [4.78, 5) is 46.7. The molecule has 0 spiro atoms. The third kappa shape index (κ3) is 39.1. The molecule has 2 radical (unpaired) electrons. The zero-order chi connectivity index (χ0) is 49.4. The SMILES string of the molecule is CC(=O)/C(=C(/C)[O-])c1ccccc1/C(C(C)=O)=C(\C)[O-].CC(=O)/C(=C(/C)[O-])c1ccccc1/C(C(C)=O)=C(\C)[O-].ClC(Cl)Cl.ClC(Cl)Cl.ClC(Cl)Cl.ClC(Cl)Cl.[Cu+2].[Cu+2].c1ccccc1. The van der Waals surface area contributed by atoms with Crippen LogP contribution in [0.4, 0.5) is 0 Å². The van der Waals surface area contributed by atoms with E-state index in [1.54, 1.807) is 48.5 Å². The van der Waals surface area contributed by atoms with Gasteiger partial charge in [0.15, 0.2) is 40.3 Å². The van der Waals surface area contributed by atoms with Gasteiger partial charge in [0.2, 0.25) is 0 Å². The Labute approximate surface area is 456 Å². The average Bonchev–Trinajstić information content (AvgIpc) is 3.09. The van der Waals surface area contributed by atoms with Gasteiger partial charge in [0.05, 0.1) is 0 Å². The number of carbonyl (C=O) groups excluding carboxylic acids is 4. The molecule has 8 nitrogen and oxygen atoms in total. The minimum atomic E-state index is -0.750. The molecule has 0 unspecified atom stereocenters. The number of benzene rings is 3. The molecule has 0 amide bonds. The monoisotopic (exact) mass is 1220 g/mol. The van der Waals surface area contributed by atoms with E-state index in [0.717, 1.165) is 0 Å². The fourth-order valence-corrected chi connectivity index (χ4v) is 4.73. The number of rotatable bonds is 8. The number of ketones is 4. The number of hydrogen-bond acceptors (Lipinski definition) is 8. The predicted octanol–water partition coefficient (Wildman–Crippen LogP) is 11.7. The maximum Gasteiger partial charge on any atom is 2.00 e. The number of Topliss-reactive ketones (excluding diaryl/α,β-unsaturated/α-hetero) is 4. The predicted molar refractivity (Wildman–Crippen MR) is 258 cm³/mol. The van der Waals surface area contributed by atoms with Gasteiger partial charge in [-0.1, -0.05) is 252 Å². The molecule has 0 aliphatic heterocycles. The Kier molecular flexibility index (Phi) is 50.5. The zero-order valence-corrected chi connectivity index (χ0v) is 45.8. The van der Waals surface area contributed by atoms with Crippen LogP contribution < -0.4 is 20.4 Å². The van der Waals surface area contributed by atoms with Gasteiger partial charge in [-0.2, -0.15) is 0 Å². The summed E-state index contributed by atoms with van der Waals surface area (Å²) < 4.78 is -3.00. The van der Waals surface area contributed by atoms with Crippen molar-refractivity contribution in [3.05, 3.63) is 130 Å². The molecule has 64 heavy (non-hydrogen) atoms. The van der Waals surface area contributed by atoms with E-state index in [4.69, 9.17) is 139 Å². The largest absolute Gasteiger partial charge is 2.00 e. The molecular weight excluding hydrogens is 1180 g/mol. The first-order valence-electron chi connectivity index (χ1n) is 16.9. The van der Waals surface area contributed by atoms with E-state index in [-0.39, 0.29) is 56.4 Å². The van der Waals surface area contributed by atoms with Gasteiger partial charge in [0.25, 0.3) is 0 Å². The number of carbonyl (C=O) groups is 4. The molecule has 22 heteroatoms. The molecule has 0 aromatic heterocycles. The maximum absolute atomic E-state index is 11.7. The Balaban J connectivity index is -0.000000176. The number of allylic oxidation sites excluding steroid dienone is 8. The van der Waals surface area contributed by atoms with Crippen LogP contribution in [0.1, 0.15) is 77.6 Å². The second-order valence-electron chi connectivity index (χ2n) is 11.2. The van der Waals surface area contributed by atoms with Gasteiger partial charge >= 0.3 is 34.1 Å². The molecule has 3 aromatic carbocycles. The van der Waals surface area contributed by atoms with Crippen LogP contribution in [-0.2, 0) is 53.3 Å². The van der Waals surface area contributed by atoms with Crippen LogP contribution in [0.25, 0.3) is 22.3 Å². The van der Waals surface area contributed by atoms with E-state index in [2.05, 4.69) is 0 Å². The molecule has 0 heterocycles. The molecule has 0 aliphatic carbocycles. The van der Waals surface area contributed by atoms with Crippen molar-refractivity contribution >= 4 is 185 Å². The van der Waals surface area contributed by atoms with Crippen molar-refractivity contribution in [3.63, 3.8) is 0 Å². The van der Waals surface area contributed by atoms with Crippen molar-refractivity contribution in [3.8, 4) is 0 Å². The summed E-state index contributed by atoms with van der Waals surface area (Å²) in [6.45, 7) is 10.3. The Hall–Kier alpha value is -0.981. The normalized spacial score (nSPS) is 11.4. The minimum absolute atomic E-state index is 0. The fraction of sp³-hybridized carbons (Fsp3) is 0.286. The molecule has 3 aromatic rings. The first kappa shape index (κ1) is 74.6. The Bertz CT molecular complexity index is 1660. The molecule has 0 aliphatic rings. The van der Waals surface area contributed by atoms with Crippen LogP contribution in [0.3, 0.4) is 0 Å². The molecule has 3 rings (SSSR count). The summed E-state index contributed by atoms with van der Waals surface area (Å²) in [5.74, 6) is -3.14. The smallest absolute Gasteiger partial charge is 0.875 e. The third-order valence-electron chi connectivity index (χ3n) is 6.41. The van der Waals surface area contributed by atoms with Crippen LogP contribution >= 0.6 is 139 Å². The van der Waals surface area contributed by atoms with E-state index in [1.807, 2.05) is 36.4 Å². The quantitative estimate of drug-likeness (QED) is 0.0932. The maximum atomic E-state index is 11.7. The molecule has 0 bridgehead atoms. The first-order chi connectivity index (χ1) is 28.5. The molecule has 0 saturated carbocycles. The van der Waals surface area contributed by atoms with Crippen molar-refractivity contribution < 1.29 is 73.7 Å². The van der Waals surface area contributed by atoms with Crippen LogP contribution in [0.5, 0.6) is 0 Å². The van der Waals surface area contributed by atoms with Gasteiger partial charge in [-0.05, 0) is 49.9 Å². The molecule has 0 N–H and O–H groups in total. The van der Waals surface area contributed by atoms with Crippen molar-refractivity contribution in [1.29, 1.82) is 0 Å². The van der Waals surface area contributed by atoms with Gasteiger partial charge in [0, 0.05) is 22.3 Å². The summed E-state index contributed by atoms with van der Waals surface area (Å²) in [6, 6.07) is 24.9. The zero-order valence-electron chi connectivity index (χ0n) is 34.8. The second-order valence-corrected chi connectivity index (χ2v) is 19.1. The van der Waals surface area contributed by atoms with Crippen LogP contribution in [0.15, 0.2) is 108 Å². The van der Waals surface area contributed by atoms with Crippen LogP contribution in [0.2, 0.25) is 0 Å². The van der Waals surface area contributed by atoms with E-state index < -0.39 is 63.4 Å². The second kappa shape index (κ2) is 43.3. The van der Waals surface area contributed by atoms with E-state index in [9.17, 15) is 39.6 Å². The van der Waals surface area contributed by atoms with Crippen molar-refractivity contribution in [2.75, 3.05) is 0 Å². The molecular formula is C42H42Cl12Cu2O8. The standard InChI is InChI=1S/2C16H18O4.C6H6.4CHCl3.2Cu/c2*1-9(17)15(10(2)18)13-7-5-6-8-14(13)16(11(3)19)12(4)20;1-2-4-6-5-3-1;4*2-1(3)4;;/h2*5-8,17,19H,1-4H3;1-6H;4*1H;;/q;;;;;;;2*+2/p-4/b2*15-9+,16-11+;;;;;;;. The Morgan fingerprint density at radius 3 is 0.500 bits per heavy atom. The van der Waals surface area contributed by atoms with Crippen molar-refractivity contribution in [2.24, 2.45) is 0 Å². The minimum Gasteiger partial charge on any atom is -0.875 e. The average molecular weight is 1230 g/mol. The number of hydrogen-bond donors (Lipinski definition) is 0. The van der Waals surface area contributed by atoms with Crippen LogP contribution in [-0.4, -0.2) is 40.3 Å². The first-order valence-corrected chi connectivity index (χ1v) is 22.1. The van der Waals surface area contributed by atoms with Gasteiger partial charge < -0.3 is 20.4 Å².